The number of ether oxygens (including phenoxy) is 5. The highest BCUT2D eigenvalue weighted by molar-refractivity contribution is 6.12. The summed E-state index contributed by atoms with van der Waals surface area (Å²) in [5.74, 6) is 2.67. The summed E-state index contributed by atoms with van der Waals surface area (Å²) < 4.78 is 28.8. The van der Waals surface area contributed by atoms with Crippen LogP contribution in [0.4, 0.5) is 0 Å². The minimum atomic E-state index is -0.112. The first kappa shape index (κ1) is 23.5. The number of carbonyl (C=O) groups is 1. The molecule has 2 aliphatic heterocycles. The number of methoxy groups -OCH3 is 4. The van der Waals surface area contributed by atoms with Crippen LogP contribution in [0.3, 0.4) is 0 Å². The predicted molar refractivity (Wildman–Crippen MR) is 135 cm³/mol. The van der Waals surface area contributed by atoms with E-state index in [1.54, 1.807) is 28.4 Å². The fourth-order valence-corrected chi connectivity index (χ4v) is 6.32. The second-order valence-electron chi connectivity index (χ2n) is 9.53. The van der Waals surface area contributed by atoms with Gasteiger partial charge in [-0.25, -0.2) is 4.79 Å². The van der Waals surface area contributed by atoms with Gasteiger partial charge >= 0.3 is 5.97 Å². The minimum absolute atomic E-state index is 0.112. The lowest BCUT2D eigenvalue weighted by atomic mass is 9.83. The first-order chi connectivity index (χ1) is 17.0. The first-order valence-electron chi connectivity index (χ1n) is 12.2. The predicted octanol–water partition coefficient (Wildman–Crippen LogP) is 4.63. The Morgan fingerprint density at radius 1 is 0.829 bits per heavy atom. The molecule has 1 fully saturated rings. The summed E-state index contributed by atoms with van der Waals surface area (Å²) in [5.41, 5.74) is 2.59. The molecule has 0 radical (unpaired) electrons. The van der Waals surface area contributed by atoms with Crippen molar-refractivity contribution in [3.63, 3.8) is 0 Å². The number of carbonyl (C=O) groups excluding carboxylic acids is 1. The van der Waals surface area contributed by atoms with Crippen molar-refractivity contribution >= 4 is 27.5 Å². The van der Waals surface area contributed by atoms with Crippen LogP contribution in [-0.4, -0.2) is 64.6 Å². The van der Waals surface area contributed by atoms with Crippen molar-refractivity contribution in [1.29, 1.82) is 0 Å². The van der Waals surface area contributed by atoms with Crippen LogP contribution in [0.15, 0.2) is 24.3 Å². The highest BCUT2D eigenvalue weighted by atomic mass is 16.5. The van der Waals surface area contributed by atoms with Gasteiger partial charge in [0.1, 0.15) is 6.54 Å². The van der Waals surface area contributed by atoms with E-state index in [1.165, 1.54) is 16.5 Å². The Morgan fingerprint density at radius 2 is 1.34 bits per heavy atom. The Balaban J connectivity index is 1.81. The molecule has 0 bridgehead atoms. The maximum atomic E-state index is 12.7. The van der Waals surface area contributed by atoms with Gasteiger partial charge in [0.15, 0.2) is 29.5 Å². The second-order valence-corrected chi connectivity index (χ2v) is 9.53. The molecule has 3 aromatic carbocycles. The van der Waals surface area contributed by atoms with Crippen molar-refractivity contribution in [1.82, 2.24) is 0 Å². The Kier molecular flexibility index (Phi) is 6.13. The first-order valence-corrected chi connectivity index (χ1v) is 12.2. The largest absolute Gasteiger partial charge is 0.493 e. The van der Waals surface area contributed by atoms with Crippen molar-refractivity contribution in [3.8, 4) is 23.0 Å². The molecule has 0 saturated carbocycles. The van der Waals surface area contributed by atoms with Gasteiger partial charge < -0.3 is 28.2 Å². The molecule has 186 valence electrons. The normalized spacial score (nSPS) is 20.9. The molecule has 0 aliphatic carbocycles. The van der Waals surface area contributed by atoms with Gasteiger partial charge in [0.05, 0.1) is 47.6 Å². The Bertz CT molecular complexity index is 1300. The summed E-state index contributed by atoms with van der Waals surface area (Å²) in [6.45, 7) is 4.46. The smallest absolute Gasteiger partial charge is 0.361 e. The Hall–Kier alpha value is -3.19. The molecule has 0 spiro atoms. The zero-order valence-corrected chi connectivity index (χ0v) is 21.2. The molecular formula is C28H34NO6+. The van der Waals surface area contributed by atoms with Crippen LogP contribution in [0.2, 0.25) is 0 Å². The molecule has 0 aromatic heterocycles. The minimum Gasteiger partial charge on any atom is -0.493 e. The van der Waals surface area contributed by atoms with E-state index < -0.39 is 0 Å². The van der Waals surface area contributed by atoms with E-state index in [0.29, 0.717) is 42.2 Å². The van der Waals surface area contributed by atoms with Gasteiger partial charge in [-0.1, -0.05) is 0 Å². The van der Waals surface area contributed by atoms with Crippen LogP contribution in [0, 0.1) is 0 Å². The summed E-state index contributed by atoms with van der Waals surface area (Å²) in [6.07, 6.45) is 3.13. The fraction of sp³-hybridized carbons (Fsp3) is 0.464. The third-order valence-electron chi connectivity index (χ3n) is 7.93. The molecule has 0 unspecified atom stereocenters. The van der Waals surface area contributed by atoms with Crippen LogP contribution in [0.1, 0.15) is 30.9 Å². The number of quaternary nitrogens is 1. The Morgan fingerprint density at radius 3 is 1.86 bits per heavy atom. The van der Waals surface area contributed by atoms with Crippen molar-refractivity contribution in [2.75, 3.05) is 48.1 Å². The number of hydrogen-bond acceptors (Lipinski definition) is 6. The van der Waals surface area contributed by atoms with Gasteiger partial charge in [-0.15, -0.1) is 0 Å². The molecule has 35 heavy (non-hydrogen) atoms. The molecular weight excluding hydrogens is 446 g/mol. The quantitative estimate of drug-likeness (QED) is 0.279. The summed E-state index contributed by atoms with van der Waals surface area (Å²) in [6, 6.07) is 8.69. The molecule has 0 amide bonds. The average molecular weight is 481 g/mol. The van der Waals surface area contributed by atoms with E-state index in [-0.39, 0.29) is 5.97 Å². The van der Waals surface area contributed by atoms with E-state index in [9.17, 15) is 4.79 Å². The van der Waals surface area contributed by atoms with E-state index >= 15 is 0 Å². The third-order valence-corrected chi connectivity index (χ3v) is 7.93. The van der Waals surface area contributed by atoms with Crippen LogP contribution < -0.4 is 18.9 Å². The summed E-state index contributed by atoms with van der Waals surface area (Å²) in [7, 11) is 6.65. The number of rotatable bonds is 7. The fourth-order valence-electron chi connectivity index (χ4n) is 6.32. The number of nitrogens with zero attached hydrogens (tertiary/aromatic N) is 1. The zero-order chi connectivity index (χ0) is 24.7. The topological polar surface area (TPSA) is 63.2 Å². The molecule has 0 N–H and O–H groups in total. The molecule has 5 rings (SSSR count). The molecule has 3 aromatic rings. The van der Waals surface area contributed by atoms with Crippen molar-refractivity contribution in [3.05, 3.63) is 35.4 Å². The van der Waals surface area contributed by atoms with Gasteiger partial charge in [-0.2, -0.15) is 0 Å². The van der Waals surface area contributed by atoms with Crippen LogP contribution in [0.25, 0.3) is 21.5 Å². The number of fused-ring (bicyclic) bond motifs is 7. The van der Waals surface area contributed by atoms with Crippen molar-refractivity contribution < 1.29 is 33.0 Å². The molecule has 2 heterocycles. The summed E-state index contributed by atoms with van der Waals surface area (Å²) >= 11 is 0. The van der Waals surface area contributed by atoms with Gasteiger partial charge in [0.2, 0.25) is 0 Å². The summed E-state index contributed by atoms with van der Waals surface area (Å²) in [5, 5.41) is 4.47. The highest BCUT2D eigenvalue weighted by Crippen LogP contribution is 2.48. The standard InChI is InChI=1S/C28H34NO6/c1-6-35-28(30)16-29-9-7-8-17(29)10-18-19-11-24(31-2)25(32-3)12-20(19)21-13-26(33-4)27(34-5)14-22(21)23(18)15-29/h11-14,17H,6-10,15-16H2,1-5H3/q+1/t17-,29-/m1/s1. The average Bonchev–Trinajstić information content (AvgIpc) is 3.28. The van der Waals surface area contributed by atoms with E-state index in [4.69, 9.17) is 23.7 Å². The van der Waals surface area contributed by atoms with Crippen LogP contribution in [-0.2, 0) is 22.5 Å². The molecule has 1 saturated heterocycles. The SMILES string of the molecule is CCOC(=O)C[N@+]12CCC[C@@H]1Cc1c(c3cc(OC)c(OC)cc3c3cc(OC)c(OC)cc13)C2. The van der Waals surface area contributed by atoms with Gasteiger partial charge in [-0.3, -0.25) is 0 Å². The molecule has 2 aliphatic rings. The lowest BCUT2D eigenvalue weighted by molar-refractivity contribution is -0.947. The Labute approximate surface area is 206 Å². The molecule has 7 heteroatoms. The maximum Gasteiger partial charge on any atom is 0.361 e. The van der Waals surface area contributed by atoms with Crippen LogP contribution >= 0.6 is 0 Å². The third kappa shape index (κ3) is 3.73. The van der Waals surface area contributed by atoms with Gasteiger partial charge in [0.25, 0.3) is 0 Å². The van der Waals surface area contributed by atoms with Crippen molar-refractivity contribution in [2.24, 2.45) is 0 Å². The van der Waals surface area contributed by atoms with Crippen LogP contribution in [0.5, 0.6) is 23.0 Å². The van der Waals surface area contributed by atoms with E-state index in [0.717, 1.165) is 53.0 Å². The number of hydrogen-bond donors (Lipinski definition) is 0. The van der Waals surface area contributed by atoms with Gasteiger partial charge in [-0.05, 0) is 58.3 Å². The van der Waals surface area contributed by atoms with Gasteiger partial charge in [0, 0.05) is 24.8 Å². The second kappa shape index (κ2) is 9.11. The lowest BCUT2D eigenvalue weighted by Gasteiger charge is -2.44. The van der Waals surface area contributed by atoms with E-state index in [1.807, 2.05) is 6.92 Å². The van der Waals surface area contributed by atoms with Crippen molar-refractivity contribution in [2.45, 2.75) is 38.8 Å². The molecule has 2 atom stereocenters. The maximum absolute atomic E-state index is 12.7. The summed E-state index contributed by atoms with van der Waals surface area (Å²) in [4.78, 5) is 12.7. The number of esters is 1. The monoisotopic (exact) mass is 480 g/mol. The molecule has 7 nitrogen and oxygen atoms in total. The zero-order valence-electron chi connectivity index (χ0n) is 21.2. The van der Waals surface area contributed by atoms with E-state index in [2.05, 4.69) is 24.3 Å². The number of benzene rings is 3. The lowest BCUT2D eigenvalue weighted by Crippen LogP contribution is -2.57. The highest BCUT2D eigenvalue weighted by Gasteiger charge is 2.48.